The van der Waals surface area contributed by atoms with Gasteiger partial charge >= 0.3 is 0 Å². The molecule has 0 fully saturated rings. The van der Waals surface area contributed by atoms with Gasteiger partial charge in [-0.05, 0) is 23.6 Å². The van der Waals surface area contributed by atoms with E-state index in [0.717, 1.165) is 30.3 Å². The van der Waals surface area contributed by atoms with Gasteiger partial charge in [0.2, 0.25) is 5.13 Å². The number of fused-ring (bicyclic) bond motifs is 1. The minimum atomic E-state index is 0.844. The molecule has 0 radical (unpaired) electrons. The van der Waals surface area contributed by atoms with Crippen molar-refractivity contribution in [2.75, 3.05) is 17.2 Å². The Kier molecular flexibility index (Phi) is 2.25. The van der Waals surface area contributed by atoms with Gasteiger partial charge in [0, 0.05) is 18.8 Å². The first-order valence-corrected chi connectivity index (χ1v) is 6.10. The first-order chi connectivity index (χ1) is 7.84. The van der Waals surface area contributed by atoms with E-state index in [9.17, 15) is 0 Å². The van der Waals surface area contributed by atoms with Gasteiger partial charge in [-0.2, -0.15) is 0 Å². The molecule has 0 atom stereocenters. The molecule has 16 heavy (non-hydrogen) atoms. The minimum Gasteiger partial charge on any atom is -0.398 e. The van der Waals surface area contributed by atoms with Gasteiger partial charge in [-0.15, -0.1) is 10.2 Å². The highest BCUT2D eigenvalue weighted by Gasteiger charge is 2.19. The minimum absolute atomic E-state index is 0.844. The van der Waals surface area contributed by atoms with Crippen LogP contribution in [0.1, 0.15) is 11.1 Å². The van der Waals surface area contributed by atoms with Crippen LogP contribution < -0.4 is 10.6 Å². The predicted octanol–water partition coefficient (Wildman–Crippen LogP) is 1.68. The summed E-state index contributed by atoms with van der Waals surface area (Å²) in [5, 5.41) is 8.95. The van der Waals surface area contributed by atoms with Crippen molar-refractivity contribution in [3.8, 4) is 0 Å². The van der Waals surface area contributed by atoms with Crippen molar-refractivity contribution in [2.45, 2.75) is 13.0 Å². The quantitative estimate of drug-likeness (QED) is 0.760. The Morgan fingerprint density at radius 2 is 2.31 bits per heavy atom. The average molecular weight is 232 g/mol. The molecule has 0 saturated carbocycles. The molecule has 0 saturated heterocycles. The van der Waals surface area contributed by atoms with Crippen molar-refractivity contribution in [2.24, 2.45) is 0 Å². The summed E-state index contributed by atoms with van der Waals surface area (Å²) >= 11 is 1.57. The third-order valence-corrected chi connectivity index (χ3v) is 3.68. The second-order valence-electron chi connectivity index (χ2n) is 3.88. The molecule has 0 unspecified atom stereocenters. The third-order valence-electron chi connectivity index (χ3n) is 2.93. The second-order valence-corrected chi connectivity index (χ2v) is 4.69. The van der Waals surface area contributed by atoms with Gasteiger partial charge in [-0.1, -0.05) is 23.5 Å². The number of hydrogen-bond donors (Lipinski definition) is 1. The lowest BCUT2D eigenvalue weighted by molar-refractivity contribution is 0.725. The molecule has 0 amide bonds. The Hall–Kier alpha value is -1.62. The van der Waals surface area contributed by atoms with Crippen LogP contribution in [0.25, 0.3) is 0 Å². The van der Waals surface area contributed by atoms with E-state index < -0.39 is 0 Å². The molecule has 0 aliphatic carbocycles. The number of aromatic nitrogens is 2. The van der Waals surface area contributed by atoms with Gasteiger partial charge < -0.3 is 10.6 Å². The van der Waals surface area contributed by atoms with Gasteiger partial charge in [0.05, 0.1) is 0 Å². The van der Waals surface area contributed by atoms with Gasteiger partial charge in [-0.3, -0.25) is 0 Å². The largest absolute Gasteiger partial charge is 0.398 e. The fourth-order valence-electron chi connectivity index (χ4n) is 2.08. The highest BCUT2D eigenvalue weighted by atomic mass is 32.1. The Labute approximate surface area is 97.7 Å². The van der Waals surface area contributed by atoms with Gasteiger partial charge in [0.1, 0.15) is 5.51 Å². The lowest BCUT2D eigenvalue weighted by Crippen LogP contribution is -2.30. The molecule has 0 spiro atoms. The molecule has 2 aromatic rings. The van der Waals surface area contributed by atoms with Crippen LogP contribution in [0.3, 0.4) is 0 Å². The van der Waals surface area contributed by atoms with E-state index in [2.05, 4.69) is 21.2 Å². The summed E-state index contributed by atoms with van der Waals surface area (Å²) in [5.74, 6) is 0. The summed E-state index contributed by atoms with van der Waals surface area (Å²) in [4.78, 5) is 2.23. The van der Waals surface area contributed by atoms with Crippen LogP contribution in [0.4, 0.5) is 10.8 Å². The first-order valence-electron chi connectivity index (χ1n) is 5.22. The zero-order chi connectivity index (χ0) is 11.0. The number of anilines is 2. The van der Waals surface area contributed by atoms with Crippen molar-refractivity contribution < 1.29 is 0 Å². The normalized spacial score (nSPS) is 14.9. The number of nitrogens with two attached hydrogens (primary N) is 1. The monoisotopic (exact) mass is 232 g/mol. The van der Waals surface area contributed by atoms with Crippen LogP contribution in [0.2, 0.25) is 0 Å². The van der Waals surface area contributed by atoms with Crippen LogP contribution in [-0.2, 0) is 13.0 Å². The zero-order valence-electron chi connectivity index (χ0n) is 8.76. The molecule has 1 aliphatic rings. The number of rotatable bonds is 1. The molecule has 1 aromatic carbocycles. The topological polar surface area (TPSA) is 55.0 Å². The fourth-order valence-corrected chi connectivity index (χ4v) is 2.66. The zero-order valence-corrected chi connectivity index (χ0v) is 9.57. The summed E-state index contributed by atoms with van der Waals surface area (Å²) in [6.45, 7) is 1.84. The fraction of sp³-hybridized carbons (Fsp3) is 0.273. The summed E-state index contributed by atoms with van der Waals surface area (Å²) < 4.78 is 0. The Balaban J connectivity index is 1.94. The molecule has 5 heteroatoms. The molecular weight excluding hydrogens is 220 g/mol. The van der Waals surface area contributed by atoms with Crippen LogP contribution in [0.5, 0.6) is 0 Å². The van der Waals surface area contributed by atoms with Crippen molar-refractivity contribution in [1.82, 2.24) is 10.2 Å². The lowest BCUT2D eigenvalue weighted by atomic mass is 9.98. The molecule has 82 valence electrons. The van der Waals surface area contributed by atoms with Crippen LogP contribution in [0, 0.1) is 0 Å². The molecule has 1 aromatic heterocycles. The van der Waals surface area contributed by atoms with E-state index in [0.29, 0.717) is 0 Å². The highest BCUT2D eigenvalue weighted by Crippen LogP contribution is 2.28. The Bertz CT molecular complexity index is 495. The van der Waals surface area contributed by atoms with Crippen molar-refractivity contribution in [3.05, 3.63) is 34.8 Å². The first kappa shape index (κ1) is 9.59. The predicted molar refractivity (Wildman–Crippen MR) is 65.5 cm³/mol. The maximum atomic E-state index is 6.00. The Morgan fingerprint density at radius 3 is 3.12 bits per heavy atom. The maximum Gasteiger partial charge on any atom is 0.208 e. The molecule has 3 rings (SSSR count). The third kappa shape index (κ3) is 1.53. The number of benzene rings is 1. The molecule has 1 aliphatic heterocycles. The summed E-state index contributed by atoms with van der Waals surface area (Å²) in [5.41, 5.74) is 11.2. The van der Waals surface area contributed by atoms with Gasteiger partial charge in [0.25, 0.3) is 0 Å². The van der Waals surface area contributed by atoms with Crippen LogP contribution in [-0.4, -0.2) is 16.7 Å². The van der Waals surface area contributed by atoms with Gasteiger partial charge in [-0.25, -0.2) is 0 Å². The number of nitrogens with zero attached hydrogens (tertiary/aromatic N) is 3. The maximum absolute atomic E-state index is 6.00. The van der Waals surface area contributed by atoms with E-state index in [4.69, 9.17) is 5.73 Å². The van der Waals surface area contributed by atoms with E-state index in [-0.39, 0.29) is 0 Å². The Morgan fingerprint density at radius 1 is 1.38 bits per heavy atom. The van der Waals surface area contributed by atoms with E-state index in [1.54, 1.807) is 16.8 Å². The molecule has 0 bridgehead atoms. The van der Waals surface area contributed by atoms with Gasteiger partial charge in [0.15, 0.2) is 0 Å². The lowest BCUT2D eigenvalue weighted by Gasteiger charge is -2.28. The standard InChI is InChI=1S/C11H12N4S/c12-10-3-1-2-8-4-5-15(6-9(8)10)11-14-13-7-16-11/h1-3,7H,4-6,12H2. The average Bonchev–Trinajstić information content (AvgIpc) is 2.83. The highest BCUT2D eigenvalue weighted by molar-refractivity contribution is 7.13. The summed E-state index contributed by atoms with van der Waals surface area (Å²) in [7, 11) is 0. The number of nitrogen functional groups attached to an aromatic ring is 1. The molecular formula is C11H12N4S. The SMILES string of the molecule is Nc1cccc2c1CN(c1nncs1)CC2. The van der Waals surface area contributed by atoms with E-state index >= 15 is 0 Å². The van der Waals surface area contributed by atoms with E-state index in [1.165, 1.54) is 11.1 Å². The van der Waals surface area contributed by atoms with Crippen molar-refractivity contribution in [3.63, 3.8) is 0 Å². The van der Waals surface area contributed by atoms with E-state index in [1.807, 2.05) is 12.1 Å². The number of hydrogen-bond acceptors (Lipinski definition) is 5. The molecule has 4 nitrogen and oxygen atoms in total. The summed E-state index contributed by atoms with van der Waals surface area (Å²) in [6.07, 6.45) is 1.03. The van der Waals surface area contributed by atoms with Crippen molar-refractivity contribution in [1.29, 1.82) is 0 Å². The smallest absolute Gasteiger partial charge is 0.208 e. The van der Waals surface area contributed by atoms with Crippen LogP contribution in [0.15, 0.2) is 23.7 Å². The second kappa shape index (κ2) is 3.75. The molecule has 2 N–H and O–H groups in total. The van der Waals surface area contributed by atoms with Crippen molar-refractivity contribution >= 4 is 22.2 Å². The van der Waals surface area contributed by atoms with Crippen LogP contribution >= 0.6 is 11.3 Å². The summed E-state index contributed by atoms with van der Waals surface area (Å²) in [6, 6.07) is 6.14. The molecule has 2 heterocycles.